The molecule has 0 aliphatic heterocycles. The van der Waals surface area contributed by atoms with Crippen molar-refractivity contribution in [2.45, 2.75) is 25.7 Å². The summed E-state index contributed by atoms with van der Waals surface area (Å²) >= 11 is 1.34. The summed E-state index contributed by atoms with van der Waals surface area (Å²) in [4.78, 5) is 48.4. The number of anilines is 1. The van der Waals surface area contributed by atoms with Gasteiger partial charge in [-0.3, -0.25) is 9.59 Å². The fourth-order valence-corrected chi connectivity index (χ4v) is 4.59. The average molecular weight is 442 g/mol. The van der Waals surface area contributed by atoms with Gasteiger partial charge in [0, 0.05) is 11.0 Å². The summed E-state index contributed by atoms with van der Waals surface area (Å²) in [6, 6.07) is 6.43. The van der Waals surface area contributed by atoms with E-state index in [4.69, 9.17) is 10.5 Å². The number of hydrogen-bond donors (Lipinski definition) is 2. The van der Waals surface area contributed by atoms with Crippen molar-refractivity contribution in [3.8, 4) is 0 Å². The molecule has 1 aliphatic carbocycles. The van der Waals surface area contributed by atoms with Crippen molar-refractivity contribution in [2.24, 2.45) is 5.73 Å². The smallest absolute Gasteiger partial charge is 0.337 e. The van der Waals surface area contributed by atoms with Crippen molar-refractivity contribution in [3.05, 3.63) is 57.5 Å². The van der Waals surface area contributed by atoms with E-state index in [1.54, 1.807) is 24.3 Å². The maximum atomic E-state index is 12.2. The molecule has 1 aromatic carbocycles. The molecular formula is C22H22N2O6S. The number of methoxy groups -OCH3 is 1. The number of aryl methyl sites for hydroxylation is 1. The fourth-order valence-electron chi connectivity index (χ4n) is 3.27. The van der Waals surface area contributed by atoms with Crippen LogP contribution >= 0.6 is 11.3 Å². The number of carbonyl (C=O) groups excluding carboxylic acids is 4. The molecule has 8 nitrogen and oxygen atoms in total. The molecule has 0 unspecified atom stereocenters. The highest BCUT2D eigenvalue weighted by Gasteiger charge is 2.25. The molecule has 2 amide bonds. The molecule has 3 N–H and O–H groups in total. The first-order valence-electron chi connectivity index (χ1n) is 9.66. The molecule has 1 aromatic heterocycles. The lowest BCUT2D eigenvalue weighted by atomic mass is 9.95. The molecule has 1 aliphatic rings. The van der Waals surface area contributed by atoms with E-state index in [-0.39, 0.29) is 0 Å². The molecule has 31 heavy (non-hydrogen) atoms. The molecule has 0 fully saturated rings. The highest BCUT2D eigenvalue weighted by atomic mass is 32.1. The van der Waals surface area contributed by atoms with E-state index in [1.165, 1.54) is 30.6 Å². The van der Waals surface area contributed by atoms with E-state index >= 15 is 0 Å². The summed E-state index contributed by atoms with van der Waals surface area (Å²) in [5, 5.41) is 3.04. The molecule has 2 aromatic rings. The third kappa shape index (κ3) is 5.58. The van der Waals surface area contributed by atoms with Crippen molar-refractivity contribution in [3.63, 3.8) is 0 Å². The van der Waals surface area contributed by atoms with Crippen LogP contribution in [0.25, 0.3) is 6.08 Å². The van der Waals surface area contributed by atoms with E-state index < -0.39 is 30.4 Å². The summed E-state index contributed by atoms with van der Waals surface area (Å²) < 4.78 is 9.58. The van der Waals surface area contributed by atoms with Crippen LogP contribution < -0.4 is 11.1 Å². The predicted molar refractivity (Wildman–Crippen MR) is 116 cm³/mol. The molecule has 0 bridgehead atoms. The number of benzene rings is 1. The Kier molecular flexibility index (Phi) is 7.19. The summed E-state index contributed by atoms with van der Waals surface area (Å²) in [5.41, 5.74) is 7.84. The molecule has 9 heteroatoms. The van der Waals surface area contributed by atoms with Crippen LogP contribution in [0, 0.1) is 0 Å². The van der Waals surface area contributed by atoms with Gasteiger partial charge in [0.2, 0.25) is 0 Å². The molecule has 0 atom stereocenters. The Hall–Kier alpha value is -3.46. The lowest BCUT2D eigenvalue weighted by Crippen LogP contribution is -2.22. The number of esters is 2. The summed E-state index contributed by atoms with van der Waals surface area (Å²) in [6.45, 7) is -0.495. The molecule has 0 saturated heterocycles. The number of ether oxygens (including phenoxy) is 2. The standard InChI is InChI=1S/C22H22N2O6S/c1-29-22(28)14-9-6-13(7-10-14)8-11-18(26)30-12-17(25)24-21-19(20(23)27)15-4-2-3-5-16(15)31-21/h6-11H,2-5,12H2,1H3,(H2,23,27)(H,24,25)/b11-8+. The third-order valence-electron chi connectivity index (χ3n) is 4.76. The van der Waals surface area contributed by atoms with Gasteiger partial charge in [-0.1, -0.05) is 12.1 Å². The van der Waals surface area contributed by atoms with Gasteiger partial charge in [-0.15, -0.1) is 11.3 Å². The minimum atomic E-state index is -0.701. The normalized spacial score (nSPS) is 12.8. The first-order chi connectivity index (χ1) is 14.9. The number of nitrogens with one attached hydrogen (secondary N) is 1. The van der Waals surface area contributed by atoms with Crippen LogP contribution in [-0.4, -0.2) is 37.5 Å². The van der Waals surface area contributed by atoms with Gasteiger partial charge in [0.1, 0.15) is 5.00 Å². The first kappa shape index (κ1) is 22.2. The predicted octanol–water partition coefficient (Wildman–Crippen LogP) is 2.71. The lowest BCUT2D eigenvalue weighted by Gasteiger charge is -2.11. The van der Waals surface area contributed by atoms with Crippen LogP contribution in [-0.2, 0) is 31.9 Å². The monoisotopic (exact) mass is 442 g/mol. The second kappa shape index (κ2) is 10.0. The second-order valence-corrected chi connectivity index (χ2v) is 7.99. The fraction of sp³-hybridized carbons (Fsp3) is 0.273. The minimum absolute atomic E-state index is 0.356. The molecule has 0 saturated carbocycles. The van der Waals surface area contributed by atoms with E-state index in [0.29, 0.717) is 21.7 Å². The number of hydrogen-bond acceptors (Lipinski definition) is 7. The van der Waals surface area contributed by atoms with Crippen molar-refractivity contribution < 1.29 is 28.7 Å². The quantitative estimate of drug-likeness (QED) is 0.502. The summed E-state index contributed by atoms with van der Waals surface area (Å²) in [7, 11) is 1.30. The van der Waals surface area contributed by atoms with E-state index in [9.17, 15) is 19.2 Å². The van der Waals surface area contributed by atoms with Gasteiger partial charge < -0.3 is 20.5 Å². The van der Waals surface area contributed by atoms with Crippen LogP contribution in [0.4, 0.5) is 5.00 Å². The van der Waals surface area contributed by atoms with Gasteiger partial charge in [0.25, 0.3) is 11.8 Å². The zero-order valence-corrected chi connectivity index (χ0v) is 17.8. The largest absolute Gasteiger partial charge is 0.465 e. The Balaban J connectivity index is 1.54. The summed E-state index contributed by atoms with van der Waals surface area (Å²) in [6.07, 6.45) is 6.32. The van der Waals surface area contributed by atoms with Crippen molar-refractivity contribution in [2.75, 3.05) is 19.0 Å². The van der Waals surface area contributed by atoms with E-state index in [0.717, 1.165) is 36.1 Å². The molecule has 3 rings (SSSR count). The van der Waals surface area contributed by atoms with Gasteiger partial charge in [-0.05, 0) is 55.0 Å². The SMILES string of the molecule is COC(=O)c1ccc(/C=C/C(=O)OCC(=O)Nc2sc3c(c2C(N)=O)CCCC3)cc1. The number of amides is 2. The van der Waals surface area contributed by atoms with Crippen molar-refractivity contribution in [1.29, 1.82) is 0 Å². The minimum Gasteiger partial charge on any atom is -0.465 e. The van der Waals surface area contributed by atoms with Crippen LogP contribution in [0.1, 0.15) is 49.6 Å². The van der Waals surface area contributed by atoms with E-state index in [2.05, 4.69) is 10.1 Å². The number of thiophene rings is 1. The van der Waals surface area contributed by atoms with Gasteiger partial charge in [-0.2, -0.15) is 0 Å². The van der Waals surface area contributed by atoms with Crippen LogP contribution in [0.15, 0.2) is 30.3 Å². The topological polar surface area (TPSA) is 125 Å². The zero-order chi connectivity index (χ0) is 22.4. The molecule has 162 valence electrons. The molecular weight excluding hydrogens is 420 g/mol. The Morgan fingerprint density at radius 3 is 2.52 bits per heavy atom. The van der Waals surface area contributed by atoms with Gasteiger partial charge in [0.05, 0.1) is 18.2 Å². The number of fused-ring (bicyclic) bond motifs is 1. The Labute approximate surface area is 183 Å². The highest BCUT2D eigenvalue weighted by Crippen LogP contribution is 2.37. The van der Waals surface area contributed by atoms with Crippen LogP contribution in [0.3, 0.4) is 0 Å². The van der Waals surface area contributed by atoms with Crippen LogP contribution in [0.5, 0.6) is 0 Å². The third-order valence-corrected chi connectivity index (χ3v) is 5.97. The van der Waals surface area contributed by atoms with Gasteiger partial charge >= 0.3 is 11.9 Å². The Bertz CT molecular complexity index is 1040. The average Bonchev–Trinajstić information content (AvgIpc) is 3.14. The lowest BCUT2D eigenvalue weighted by molar-refractivity contribution is -0.142. The van der Waals surface area contributed by atoms with Gasteiger partial charge in [0.15, 0.2) is 6.61 Å². The van der Waals surface area contributed by atoms with Gasteiger partial charge in [-0.25, -0.2) is 9.59 Å². The molecule has 1 heterocycles. The second-order valence-electron chi connectivity index (χ2n) is 6.88. The Morgan fingerprint density at radius 1 is 1.13 bits per heavy atom. The highest BCUT2D eigenvalue weighted by molar-refractivity contribution is 7.17. The maximum Gasteiger partial charge on any atom is 0.337 e. The van der Waals surface area contributed by atoms with E-state index in [1.807, 2.05) is 0 Å². The van der Waals surface area contributed by atoms with Crippen LogP contribution in [0.2, 0.25) is 0 Å². The number of nitrogens with two attached hydrogens (primary N) is 1. The summed E-state index contributed by atoms with van der Waals surface area (Å²) in [5.74, 6) is -2.28. The molecule has 0 radical (unpaired) electrons. The Morgan fingerprint density at radius 2 is 1.84 bits per heavy atom. The zero-order valence-electron chi connectivity index (χ0n) is 16.9. The van der Waals surface area contributed by atoms with Crippen molar-refractivity contribution >= 4 is 46.2 Å². The first-order valence-corrected chi connectivity index (χ1v) is 10.5. The number of primary amides is 1. The maximum absolute atomic E-state index is 12.2. The number of carbonyl (C=O) groups is 4. The number of rotatable bonds is 7. The molecule has 0 spiro atoms. The van der Waals surface area contributed by atoms with Crippen molar-refractivity contribution in [1.82, 2.24) is 0 Å².